The van der Waals surface area contributed by atoms with Gasteiger partial charge in [-0.3, -0.25) is 4.79 Å². The number of ketones is 1. The zero-order chi connectivity index (χ0) is 11.4. The van der Waals surface area contributed by atoms with Crippen LogP contribution in [0.1, 0.15) is 40.0 Å². The first-order valence-corrected chi connectivity index (χ1v) is 5.71. The third-order valence-electron chi connectivity index (χ3n) is 2.95. The first-order chi connectivity index (χ1) is 7.10. The molecule has 2 atom stereocenters. The van der Waals surface area contributed by atoms with Crippen molar-refractivity contribution < 1.29 is 9.90 Å². The number of aliphatic hydroxyl groups excluding tert-OH is 1. The molecular weight excluding hydrogens is 188 g/mol. The molecule has 2 unspecified atom stereocenters. The second kappa shape index (κ2) is 5.26. The minimum Gasteiger partial charge on any atom is -0.381 e. The normalized spacial score (nSPS) is 23.5. The average molecular weight is 208 g/mol. The van der Waals surface area contributed by atoms with E-state index >= 15 is 0 Å². The molecule has 0 aromatic rings. The van der Waals surface area contributed by atoms with Crippen LogP contribution in [0, 0.1) is 5.92 Å². The standard InChI is InChI=1S/C13H20O2/c1-4-6-10(5-2)11-7-9(3)8-12(14)13(11)15/h7-8,10,13,15H,4-6H2,1-3H3. The summed E-state index contributed by atoms with van der Waals surface area (Å²) >= 11 is 0. The summed E-state index contributed by atoms with van der Waals surface area (Å²) in [7, 11) is 0. The van der Waals surface area contributed by atoms with Gasteiger partial charge in [0.05, 0.1) is 0 Å². The molecule has 2 nitrogen and oxygen atoms in total. The third-order valence-corrected chi connectivity index (χ3v) is 2.95. The Morgan fingerprint density at radius 1 is 1.40 bits per heavy atom. The van der Waals surface area contributed by atoms with Crippen LogP contribution >= 0.6 is 0 Å². The fourth-order valence-corrected chi connectivity index (χ4v) is 2.15. The molecule has 84 valence electrons. The third kappa shape index (κ3) is 2.78. The van der Waals surface area contributed by atoms with Gasteiger partial charge in [0.25, 0.3) is 0 Å². The van der Waals surface area contributed by atoms with Gasteiger partial charge in [0.15, 0.2) is 5.78 Å². The van der Waals surface area contributed by atoms with Gasteiger partial charge in [0, 0.05) is 0 Å². The second-order valence-corrected chi connectivity index (χ2v) is 4.23. The minimum atomic E-state index is -0.898. The van der Waals surface area contributed by atoms with Crippen LogP contribution in [0.25, 0.3) is 0 Å². The van der Waals surface area contributed by atoms with E-state index in [1.54, 1.807) is 0 Å². The van der Waals surface area contributed by atoms with E-state index in [-0.39, 0.29) is 5.78 Å². The number of hydrogen-bond donors (Lipinski definition) is 1. The fourth-order valence-electron chi connectivity index (χ4n) is 2.15. The Balaban J connectivity index is 2.91. The van der Waals surface area contributed by atoms with E-state index in [1.165, 1.54) is 6.08 Å². The smallest absolute Gasteiger partial charge is 0.188 e. The van der Waals surface area contributed by atoms with Gasteiger partial charge in [-0.05, 0) is 42.9 Å². The Hall–Kier alpha value is -0.890. The van der Waals surface area contributed by atoms with Gasteiger partial charge in [0.1, 0.15) is 6.10 Å². The monoisotopic (exact) mass is 208 g/mol. The maximum Gasteiger partial charge on any atom is 0.188 e. The summed E-state index contributed by atoms with van der Waals surface area (Å²) in [5.41, 5.74) is 1.86. The second-order valence-electron chi connectivity index (χ2n) is 4.23. The van der Waals surface area contributed by atoms with Crippen molar-refractivity contribution in [3.63, 3.8) is 0 Å². The average Bonchev–Trinajstić information content (AvgIpc) is 2.20. The summed E-state index contributed by atoms with van der Waals surface area (Å²) in [6.07, 6.45) is 5.70. The molecule has 0 amide bonds. The predicted octanol–water partition coefficient (Wildman–Crippen LogP) is 2.63. The van der Waals surface area contributed by atoms with E-state index in [4.69, 9.17) is 0 Å². The number of carbonyl (C=O) groups excluding carboxylic acids is 1. The lowest BCUT2D eigenvalue weighted by molar-refractivity contribution is -0.121. The Labute approximate surface area is 91.7 Å². The fraction of sp³-hybridized carbons (Fsp3) is 0.615. The van der Waals surface area contributed by atoms with Crippen molar-refractivity contribution >= 4 is 5.78 Å². The van der Waals surface area contributed by atoms with Gasteiger partial charge in [-0.25, -0.2) is 0 Å². The van der Waals surface area contributed by atoms with Crippen LogP contribution in [0.2, 0.25) is 0 Å². The number of hydrogen-bond acceptors (Lipinski definition) is 2. The van der Waals surface area contributed by atoms with E-state index in [2.05, 4.69) is 13.8 Å². The number of rotatable bonds is 4. The van der Waals surface area contributed by atoms with Crippen molar-refractivity contribution in [1.29, 1.82) is 0 Å². The molecule has 15 heavy (non-hydrogen) atoms. The molecule has 0 aromatic heterocycles. The topological polar surface area (TPSA) is 37.3 Å². The van der Waals surface area contributed by atoms with Crippen molar-refractivity contribution in [1.82, 2.24) is 0 Å². The molecular formula is C13H20O2. The first kappa shape index (κ1) is 12.2. The van der Waals surface area contributed by atoms with Crippen molar-refractivity contribution in [2.45, 2.75) is 46.1 Å². The van der Waals surface area contributed by atoms with Gasteiger partial charge in [-0.2, -0.15) is 0 Å². The maximum absolute atomic E-state index is 11.5. The van der Waals surface area contributed by atoms with E-state index in [0.717, 1.165) is 30.4 Å². The molecule has 0 aromatic carbocycles. The molecule has 1 rings (SSSR count). The molecule has 0 heterocycles. The Morgan fingerprint density at radius 2 is 2.07 bits per heavy atom. The molecule has 0 radical (unpaired) electrons. The molecule has 2 heteroatoms. The molecule has 0 saturated carbocycles. The van der Waals surface area contributed by atoms with Gasteiger partial charge < -0.3 is 5.11 Å². The highest BCUT2D eigenvalue weighted by Gasteiger charge is 2.26. The van der Waals surface area contributed by atoms with E-state index < -0.39 is 6.10 Å². The van der Waals surface area contributed by atoms with E-state index in [9.17, 15) is 9.90 Å². The summed E-state index contributed by atoms with van der Waals surface area (Å²) in [4.78, 5) is 11.5. The zero-order valence-corrected chi connectivity index (χ0v) is 9.79. The first-order valence-electron chi connectivity index (χ1n) is 5.71. The summed E-state index contributed by atoms with van der Waals surface area (Å²) in [6, 6.07) is 0. The maximum atomic E-state index is 11.5. The largest absolute Gasteiger partial charge is 0.381 e. The van der Waals surface area contributed by atoms with Crippen LogP contribution in [0.4, 0.5) is 0 Å². The van der Waals surface area contributed by atoms with Gasteiger partial charge in [0.2, 0.25) is 0 Å². The molecule has 0 aliphatic heterocycles. The minimum absolute atomic E-state index is 0.167. The molecule has 0 fully saturated rings. The van der Waals surface area contributed by atoms with Gasteiger partial charge >= 0.3 is 0 Å². The predicted molar refractivity (Wildman–Crippen MR) is 61.5 cm³/mol. The SMILES string of the molecule is CCCC(CC)C1=CC(C)=CC(=O)C1O. The molecule has 0 spiro atoms. The Morgan fingerprint density at radius 3 is 2.60 bits per heavy atom. The molecule has 0 saturated heterocycles. The summed E-state index contributed by atoms with van der Waals surface area (Å²) < 4.78 is 0. The van der Waals surface area contributed by atoms with Crippen molar-refractivity contribution in [2.24, 2.45) is 5.92 Å². The summed E-state index contributed by atoms with van der Waals surface area (Å²) in [6.45, 7) is 6.14. The van der Waals surface area contributed by atoms with Crippen LogP contribution in [-0.4, -0.2) is 17.0 Å². The van der Waals surface area contributed by atoms with Crippen LogP contribution < -0.4 is 0 Å². The van der Waals surface area contributed by atoms with E-state index in [1.807, 2.05) is 13.0 Å². The number of aliphatic hydroxyl groups is 1. The summed E-state index contributed by atoms with van der Waals surface area (Å²) in [5.74, 6) is 0.178. The Bertz CT molecular complexity index is 300. The highest BCUT2D eigenvalue weighted by Crippen LogP contribution is 2.28. The van der Waals surface area contributed by atoms with Crippen molar-refractivity contribution in [3.8, 4) is 0 Å². The lowest BCUT2D eigenvalue weighted by atomic mass is 9.83. The van der Waals surface area contributed by atoms with Crippen LogP contribution in [-0.2, 0) is 4.79 Å². The number of carbonyl (C=O) groups is 1. The van der Waals surface area contributed by atoms with Gasteiger partial charge in [-0.1, -0.05) is 26.3 Å². The number of allylic oxidation sites excluding steroid dienone is 2. The molecule has 1 aliphatic rings. The van der Waals surface area contributed by atoms with E-state index in [0.29, 0.717) is 5.92 Å². The molecule has 1 N–H and O–H groups in total. The summed E-state index contributed by atoms with van der Waals surface area (Å²) in [5, 5.41) is 9.82. The van der Waals surface area contributed by atoms with Crippen LogP contribution in [0.5, 0.6) is 0 Å². The van der Waals surface area contributed by atoms with Crippen LogP contribution in [0.15, 0.2) is 23.3 Å². The molecule has 1 aliphatic carbocycles. The van der Waals surface area contributed by atoms with Gasteiger partial charge in [-0.15, -0.1) is 0 Å². The molecule has 0 bridgehead atoms. The van der Waals surface area contributed by atoms with Crippen LogP contribution in [0.3, 0.4) is 0 Å². The quantitative estimate of drug-likeness (QED) is 0.771. The lowest BCUT2D eigenvalue weighted by Crippen LogP contribution is -2.28. The van der Waals surface area contributed by atoms with Crippen molar-refractivity contribution in [2.75, 3.05) is 0 Å². The highest BCUT2D eigenvalue weighted by molar-refractivity contribution is 5.98. The Kier molecular flexibility index (Phi) is 4.28. The highest BCUT2D eigenvalue weighted by atomic mass is 16.3. The van der Waals surface area contributed by atoms with Crippen molar-refractivity contribution in [3.05, 3.63) is 23.3 Å². The zero-order valence-electron chi connectivity index (χ0n) is 9.79. The lowest BCUT2D eigenvalue weighted by Gasteiger charge is -2.24.